The van der Waals surface area contributed by atoms with Gasteiger partial charge in [0.05, 0.1) is 32.0 Å². The first kappa shape index (κ1) is 63.9. The Kier molecular flexibility index (Phi) is 44.4. The van der Waals surface area contributed by atoms with Gasteiger partial charge in [0.25, 0.3) is 0 Å². The van der Waals surface area contributed by atoms with Gasteiger partial charge in [-0.1, -0.05) is 204 Å². The van der Waals surface area contributed by atoms with Crippen LogP contribution in [0.1, 0.15) is 251 Å². The first-order valence-electron chi connectivity index (χ1n) is 28.3. The quantitative estimate of drug-likeness (QED) is 0.0196. The second-order valence-electron chi connectivity index (χ2n) is 19.6. The Hall–Kier alpha value is -2.12. The Bertz CT molecular complexity index is 1230. The van der Waals surface area contributed by atoms with Crippen molar-refractivity contribution in [3.05, 3.63) is 36.5 Å². The molecule has 0 radical (unpaired) electrons. The lowest BCUT2D eigenvalue weighted by atomic mass is 9.99. The maximum absolute atomic E-state index is 13.0. The van der Waals surface area contributed by atoms with Gasteiger partial charge in [-0.05, 0) is 70.6 Å². The second-order valence-corrected chi connectivity index (χ2v) is 19.6. The Morgan fingerprint density at radius 1 is 0.544 bits per heavy atom. The lowest BCUT2D eigenvalue weighted by Crippen LogP contribution is -2.60. The highest BCUT2D eigenvalue weighted by Crippen LogP contribution is 2.23. The van der Waals surface area contributed by atoms with Gasteiger partial charge in [0.2, 0.25) is 5.91 Å². The molecule has 398 valence electrons. The molecule has 11 heteroatoms. The SMILES string of the molecule is CCCCCCCCC/C=C/C(O)C(COC1OC(CO)C(O)C(O)C1O)NC(=O)CCCCCCCCC/C=C\C/C=C\CCCCCOC(=O)CCCCCCCCCCCCCCCC. The highest BCUT2D eigenvalue weighted by Gasteiger charge is 2.44. The molecule has 0 saturated carbocycles. The normalized spacial score (nSPS) is 19.7. The molecular weight excluding hydrogens is 859 g/mol. The molecule has 6 N–H and O–H groups in total. The molecule has 11 nitrogen and oxygen atoms in total. The number of ether oxygens (including phenoxy) is 3. The Morgan fingerprint density at radius 3 is 1.49 bits per heavy atom. The van der Waals surface area contributed by atoms with Crippen molar-refractivity contribution < 1.29 is 49.3 Å². The number of rotatable bonds is 48. The molecule has 0 spiro atoms. The summed E-state index contributed by atoms with van der Waals surface area (Å²) in [6.45, 7) is 4.25. The maximum atomic E-state index is 13.0. The lowest BCUT2D eigenvalue weighted by molar-refractivity contribution is -0.302. The molecule has 1 rings (SSSR count). The van der Waals surface area contributed by atoms with Crippen molar-refractivity contribution in [2.24, 2.45) is 0 Å². The summed E-state index contributed by atoms with van der Waals surface area (Å²) in [7, 11) is 0. The van der Waals surface area contributed by atoms with Crippen LogP contribution in [0.2, 0.25) is 0 Å². The number of aliphatic hydroxyl groups excluding tert-OH is 5. The number of amides is 1. The summed E-state index contributed by atoms with van der Waals surface area (Å²) in [4.78, 5) is 25.0. The van der Waals surface area contributed by atoms with Crippen LogP contribution in [0.3, 0.4) is 0 Å². The zero-order chi connectivity index (χ0) is 49.6. The van der Waals surface area contributed by atoms with Crippen LogP contribution in [0.15, 0.2) is 36.5 Å². The molecule has 1 aliphatic rings. The van der Waals surface area contributed by atoms with Crippen LogP contribution < -0.4 is 5.32 Å². The largest absolute Gasteiger partial charge is 0.466 e. The summed E-state index contributed by atoms with van der Waals surface area (Å²) in [6.07, 6.45) is 46.7. The van der Waals surface area contributed by atoms with Gasteiger partial charge in [-0.3, -0.25) is 9.59 Å². The van der Waals surface area contributed by atoms with Crippen molar-refractivity contribution in [2.75, 3.05) is 19.8 Å². The summed E-state index contributed by atoms with van der Waals surface area (Å²) in [6, 6.07) is -0.820. The smallest absolute Gasteiger partial charge is 0.305 e. The number of esters is 1. The van der Waals surface area contributed by atoms with Gasteiger partial charge in [0, 0.05) is 12.8 Å². The third-order valence-corrected chi connectivity index (χ3v) is 13.2. The summed E-state index contributed by atoms with van der Waals surface area (Å²) in [5.41, 5.74) is 0. The monoisotopic (exact) mass is 964 g/mol. The molecule has 0 aromatic rings. The zero-order valence-corrected chi connectivity index (χ0v) is 43.6. The standard InChI is InChI=1S/C57H105NO10/c1-3-5-7-9-11-13-14-15-22-25-29-33-37-41-45-53(62)66-46-42-38-34-30-26-23-20-18-16-17-19-21-24-28-32-36-40-44-52(61)58-49(50(60)43-39-35-31-27-12-10-8-6-4-2)48-67-57-56(65)55(64)54(63)51(47-59)68-57/h16,18,23,26,39,43,49-51,54-57,59-60,63-65H,3-15,17,19-22,24-25,27-38,40-42,44-48H2,1-2H3,(H,58,61)/b18-16-,26-23-,43-39+. The van der Waals surface area contributed by atoms with Crippen LogP contribution >= 0.6 is 0 Å². The number of nitrogens with one attached hydrogen (secondary N) is 1. The van der Waals surface area contributed by atoms with Gasteiger partial charge >= 0.3 is 5.97 Å². The minimum absolute atomic E-state index is 0.0306. The number of carbonyl (C=O) groups is 2. The summed E-state index contributed by atoms with van der Waals surface area (Å²) in [5, 5.41) is 54.1. The van der Waals surface area contributed by atoms with Gasteiger partial charge in [-0.2, -0.15) is 0 Å². The first-order valence-corrected chi connectivity index (χ1v) is 28.3. The van der Waals surface area contributed by atoms with E-state index in [1.165, 1.54) is 128 Å². The molecule has 0 aliphatic carbocycles. The van der Waals surface area contributed by atoms with Crippen molar-refractivity contribution in [3.63, 3.8) is 0 Å². The second kappa shape index (κ2) is 47.2. The average Bonchev–Trinajstić information content (AvgIpc) is 3.33. The highest BCUT2D eigenvalue weighted by molar-refractivity contribution is 5.76. The number of allylic oxidation sites excluding steroid dienone is 5. The molecule has 7 unspecified atom stereocenters. The van der Waals surface area contributed by atoms with Gasteiger partial charge in [0.1, 0.15) is 24.4 Å². The topological polar surface area (TPSA) is 175 Å². The molecule has 0 bridgehead atoms. The van der Waals surface area contributed by atoms with Crippen LogP contribution in [0.4, 0.5) is 0 Å². The molecule has 1 saturated heterocycles. The molecule has 1 amide bonds. The van der Waals surface area contributed by atoms with Crippen LogP contribution in [0.5, 0.6) is 0 Å². The summed E-state index contributed by atoms with van der Waals surface area (Å²) < 4.78 is 16.6. The van der Waals surface area contributed by atoms with Gasteiger partial charge in [0.15, 0.2) is 6.29 Å². The van der Waals surface area contributed by atoms with E-state index in [4.69, 9.17) is 14.2 Å². The molecular formula is C57H105NO10. The van der Waals surface area contributed by atoms with E-state index in [1.54, 1.807) is 6.08 Å². The molecule has 7 atom stereocenters. The number of unbranched alkanes of at least 4 members (excludes halogenated alkanes) is 30. The molecule has 1 fully saturated rings. The summed E-state index contributed by atoms with van der Waals surface area (Å²) in [5.74, 6) is -0.231. The molecule has 1 heterocycles. The fourth-order valence-corrected chi connectivity index (χ4v) is 8.70. The number of hydrogen-bond donors (Lipinski definition) is 6. The van der Waals surface area contributed by atoms with Crippen LogP contribution in [0, 0.1) is 0 Å². The number of aliphatic hydroxyl groups is 5. The third kappa shape index (κ3) is 36.8. The highest BCUT2D eigenvalue weighted by atomic mass is 16.7. The summed E-state index contributed by atoms with van der Waals surface area (Å²) >= 11 is 0. The lowest BCUT2D eigenvalue weighted by Gasteiger charge is -2.40. The van der Waals surface area contributed by atoms with Crippen LogP contribution in [-0.2, 0) is 23.8 Å². The van der Waals surface area contributed by atoms with Crippen molar-refractivity contribution in [3.8, 4) is 0 Å². The van der Waals surface area contributed by atoms with Crippen molar-refractivity contribution in [1.29, 1.82) is 0 Å². The van der Waals surface area contributed by atoms with E-state index in [0.717, 1.165) is 96.3 Å². The fraction of sp³-hybridized carbons (Fsp3) is 0.860. The predicted octanol–water partition coefficient (Wildman–Crippen LogP) is 12.3. The maximum Gasteiger partial charge on any atom is 0.305 e. The van der Waals surface area contributed by atoms with E-state index in [-0.39, 0.29) is 18.5 Å². The van der Waals surface area contributed by atoms with Gasteiger partial charge in [-0.25, -0.2) is 0 Å². The van der Waals surface area contributed by atoms with E-state index < -0.39 is 49.5 Å². The molecule has 1 aliphatic heterocycles. The molecule has 68 heavy (non-hydrogen) atoms. The fourth-order valence-electron chi connectivity index (χ4n) is 8.70. The number of carbonyl (C=O) groups excluding carboxylic acids is 2. The van der Waals surface area contributed by atoms with Crippen molar-refractivity contribution >= 4 is 11.9 Å². The average molecular weight is 964 g/mol. The third-order valence-electron chi connectivity index (χ3n) is 13.2. The molecule has 0 aromatic heterocycles. The van der Waals surface area contributed by atoms with E-state index >= 15 is 0 Å². The van der Waals surface area contributed by atoms with Gasteiger partial charge in [-0.15, -0.1) is 0 Å². The van der Waals surface area contributed by atoms with E-state index in [9.17, 15) is 35.1 Å². The first-order chi connectivity index (χ1) is 33.2. The zero-order valence-electron chi connectivity index (χ0n) is 43.6. The minimum atomic E-state index is -1.58. The Balaban J connectivity index is 2.09. The molecule has 0 aromatic carbocycles. The predicted molar refractivity (Wildman–Crippen MR) is 278 cm³/mol. The van der Waals surface area contributed by atoms with Crippen molar-refractivity contribution in [2.45, 2.75) is 294 Å². The Labute approximate surface area is 415 Å². The van der Waals surface area contributed by atoms with E-state index in [0.29, 0.717) is 19.4 Å². The van der Waals surface area contributed by atoms with E-state index in [1.807, 2.05) is 6.08 Å². The minimum Gasteiger partial charge on any atom is -0.466 e. The van der Waals surface area contributed by atoms with Gasteiger partial charge < -0.3 is 45.1 Å². The van der Waals surface area contributed by atoms with Crippen LogP contribution in [-0.4, -0.2) is 100 Å². The Morgan fingerprint density at radius 2 is 0.985 bits per heavy atom. The van der Waals surface area contributed by atoms with E-state index in [2.05, 4.69) is 43.5 Å². The number of hydrogen-bond acceptors (Lipinski definition) is 10. The van der Waals surface area contributed by atoms with Crippen LogP contribution in [0.25, 0.3) is 0 Å². The van der Waals surface area contributed by atoms with Crippen molar-refractivity contribution in [1.82, 2.24) is 5.32 Å².